The average molecular weight is 397 g/mol. The number of anilines is 1. The van der Waals surface area contributed by atoms with Crippen LogP contribution in [0.2, 0.25) is 0 Å². The Kier molecular flexibility index (Phi) is 5.83. The Balaban J connectivity index is 1.88. The third-order valence-corrected chi connectivity index (χ3v) is 7.41. The highest BCUT2D eigenvalue weighted by Crippen LogP contribution is 2.33. The van der Waals surface area contributed by atoms with Crippen LogP contribution in [-0.2, 0) is 14.8 Å². The number of amides is 1. The molecule has 0 aliphatic carbocycles. The van der Waals surface area contributed by atoms with E-state index >= 15 is 0 Å². The molecule has 8 heteroatoms. The van der Waals surface area contributed by atoms with Crippen molar-refractivity contribution in [2.24, 2.45) is 0 Å². The fourth-order valence-electron chi connectivity index (χ4n) is 2.66. The van der Waals surface area contributed by atoms with Crippen LogP contribution in [0.25, 0.3) is 0 Å². The van der Waals surface area contributed by atoms with Crippen molar-refractivity contribution >= 4 is 44.7 Å². The maximum atomic E-state index is 12.8. The number of nitrogens with one attached hydrogen (secondary N) is 2. The van der Waals surface area contributed by atoms with Crippen LogP contribution in [0.5, 0.6) is 0 Å². The first-order chi connectivity index (χ1) is 12.0. The van der Waals surface area contributed by atoms with E-state index in [1.807, 2.05) is 24.4 Å². The fraction of sp³-hybridized carbons (Fsp3) is 0.353. The number of rotatable bonds is 6. The van der Waals surface area contributed by atoms with Crippen LogP contribution in [-0.4, -0.2) is 20.1 Å². The minimum absolute atomic E-state index is 0.0868. The van der Waals surface area contributed by atoms with Gasteiger partial charge in [-0.1, -0.05) is 19.4 Å². The predicted octanol–water partition coefficient (Wildman–Crippen LogP) is 4.00. The summed E-state index contributed by atoms with van der Waals surface area (Å²) in [6.07, 6.45) is 2.04. The number of sulfonamides is 1. The van der Waals surface area contributed by atoms with Crippen LogP contribution in [0.4, 0.5) is 5.69 Å². The maximum absolute atomic E-state index is 12.8. The van der Waals surface area contributed by atoms with Crippen LogP contribution in [0.3, 0.4) is 0 Å². The third-order valence-electron chi connectivity index (χ3n) is 3.88. The van der Waals surface area contributed by atoms with Gasteiger partial charge in [0.2, 0.25) is 15.9 Å². The molecule has 1 amide bonds. The number of carbonyl (C=O) groups excluding carboxylic acids is 1. The van der Waals surface area contributed by atoms with Gasteiger partial charge in [0.05, 0.1) is 16.6 Å². The molecule has 3 rings (SSSR count). The molecule has 2 heterocycles. The van der Waals surface area contributed by atoms with Crippen LogP contribution < -0.4 is 10.0 Å². The molecule has 1 aliphatic heterocycles. The van der Waals surface area contributed by atoms with E-state index in [1.54, 1.807) is 41.3 Å². The topological polar surface area (TPSA) is 75.3 Å². The minimum Gasteiger partial charge on any atom is -0.325 e. The summed E-state index contributed by atoms with van der Waals surface area (Å²) >= 11 is 3.10. The number of thioether (sulfide) groups is 1. The molecule has 25 heavy (non-hydrogen) atoms. The molecule has 134 valence electrons. The molecular formula is C17H20N2O3S3. The van der Waals surface area contributed by atoms with Gasteiger partial charge in [0.1, 0.15) is 0 Å². The minimum atomic E-state index is -3.67. The van der Waals surface area contributed by atoms with E-state index < -0.39 is 10.0 Å². The summed E-state index contributed by atoms with van der Waals surface area (Å²) in [4.78, 5) is 13.8. The highest BCUT2D eigenvalue weighted by molar-refractivity contribution is 7.99. The molecule has 0 saturated heterocycles. The molecule has 1 aromatic carbocycles. The molecule has 1 aliphatic rings. The van der Waals surface area contributed by atoms with Crippen LogP contribution in [0.15, 0.2) is 45.5 Å². The number of hydrogen-bond acceptors (Lipinski definition) is 5. The van der Waals surface area contributed by atoms with Gasteiger partial charge in [0, 0.05) is 21.9 Å². The summed E-state index contributed by atoms with van der Waals surface area (Å²) in [6, 6.07) is 8.54. The first kappa shape index (κ1) is 18.4. The van der Waals surface area contributed by atoms with Crippen molar-refractivity contribution in [3.63, 3.8) is 0 Å². The second-order valence-electron chi connectivity index (χ2n) is 5.78. The second kappa shape index (κ2) is 7.90. The summed E-state index contributed by atoms with van der Waals surface area (Å²) in [7, 11) is -3.67. The second-order valence-corrected chi connectivity index (χ2v) is 9.61. The van der Waals surface area contributed by atoms with Gasteiger partial charge in [-0.15, -0.1) is 23.1 Å². The van der Waals surface area contributed by atoms with Gasteiger partial charge < -0.3 is 5.32 Å². The fourth-order valence-corrected chi connectivity index (χ4v) is 5.76. The maximum Gasteiger partial charge on any atom is 0.241 e. The van der Waals surface area contributed by atoms with Gasteiger partial charge in [0.25, 0.3) is 0 Å². The number of thiophene rings is 1. The lowest BCUT2D eigenvalue weighted by molar-refractivity contribution is -0.115. The highest BCUT2D eigenvalue weighted by Gasteiger charge is 2.23. The van der Waals surface area contributed by atoms with Crippen molar-refractivity contribution in [2.45, 2.75) is 42.0 Å². The highest BCUT2D eigenvalue weighted by atomic mass is 32.2. The number of carbonyl (C=O) groups is 1. The Morgan fingerprint density at radius 3 is 2.88 bits per heavy atom. The van der Waals surface area contributed by atoms with Gasteiger partial charge in [-0.25, -0.2) is 13.1 Å². The molecule has 5 nitrogen and oxygen atoms in total. The van der Waals surface area contributed by atoms with E-state index in [0.717, 1.165) is 22.6 Å². The summed E-state index contributed by atoms with van der Waals surface area (Å²) < 4.78 is 28.5. The van der Waals surface area contributed by atoms with Crippen molar-refractivity contribution in [1.82, 2.24) is 4.72 Å². The molecule has 0 radical (unpaired) electrons. The van der Waals surface area contributed by atoms with Crippen molar-refractivity contribution in [3.05, 3.63) is 40.6 Å². The smallest absolute Gasteiger partial charge is 0.241 e. The molecule has 0 saturated carbocycles. The normalized spacial score (nSPS) is 16.0. The van der Waals surface area contributed by atoms with Crippen molar-refractivity contribution in [1.29, 1.82) is 0 Å². The van der Waals surface area contributed by atoms with E-state index in [-0.39, 0.29) is 16.8 Å². The molecular weight excluding hydrogens is 376 g/mol. The van der Waals surface area contributed by atoms with Crippen molar-refractivity contribution in [3.8, 4) is 0 Å². The first-order valence-corrected chi connectivity index (χ1v) is 11.5. The Labute approximate surface area is 156 Å². The molecule has 1 unspecified atom stereocenters. The van der Waals surface area contributed by atoms with Crippen LogP contribution in [0, 0.1) is 0 Å². The van der Waals surface area contributed by atoms with Gasteiger partial charge in [-0.2, -0.15) is 0 Å². The molecule has 0 spiro atoms. The zero-order chi connectivity index (χ0) is 17.9. The third kappa shape index (κ3) is 4.44. The molecule has 0 bridgehead atoms. The molecule has 0 fully saturated rings. The number of fused-ring (bicyclic) bond motifs is 1. The average Bonchev–Trinajstić information content (AvgIpc) is 3.03. The zero-order valence-corrected chi connectivity index (χ0v) is 16.3. The monoisotopic (exact) mass is 396 g/mol. The lowest BCUT2D eigenvalue weighted by Crippen LogP contribution is -2.28. The van der Waals surface area contributed by atoms with E-state index in [0.29, 0.717) is 17.9 Å². The molecule has 2 aromatic rings. The van der Waals surface area contributed by atoms with E-state index in [2.05, 4.69) is 10.0 Å². The van der Waals surface area contributed by atoms with Gasteiger partial charge in [-0.05, 0) is 36.1 Å². The number of benzene rings is 1. The largest absolute Gasteiger partial charge is 0.325 e. The standard InChI is InChI=1S/C17H20N2O3S3/c1-2-4-13(15-5-3-9-23-15)19-25(21,22)12-6-7-16-14(11-12)18-17(20)8-10-24-16/h3,5-7,9,11,13,19H,2,4,8,10H2,1H3,(H,18,20). The quantitative estimate of drug-likeness (QED) is 0.774. The summed E-state index contributed by atoms with van der Waals surface area (Å²) in [5.41, 5.74) is 0.568. The van der Waals surface area contributed by atoms with Crippen molar-refractivity contribution in [2.75, 3.05) is 11.1 Å². The predicted molar refractivity (Wildman–Crippen MR) is 103 cm³/mol. The van der Waals surface area contributed by atoms with Gasteiger partial charge in [0.15, 0.2) is 0 Å². The van der Waals surface area contributed by atoms with Crippen LogP contribution in [0.1, 0.15) is 37.1 Å². The molecule has 1 aromatic heterocycles. The SMILES string of the molecule is CCCC(NS(=O)(=O)c1ccc2c(c1)NC(=O)CCS2)c1cccs1. The summed E-state index contributed by atoms with van der Waals surface area (Å²) in [6.45, 7) is 2.03. The Morgan fingerprint density at radius 1 is 1.32 bits per heavy atom. The van der Waals surface area contributed by atoms with E-state index in [1.165, 1.54) is 0 Å². The summed E-state index contributed by atoms with van der Waals surface area (Å²) in [5, 5.41) is 4.74. The van der Waals surface area contributed by atoms with Gasteiger partial charge in [-0.3, -0.25) is 4.79 Å². The van der Waals surface area contributed by atoms with E-state index in [9.17, 15) is 13.2 Å². The lowest BCUT2D eigenvalue weighted by atomic mass is 10.1. The molecule has 1 atom stereocenters. The van der Waals surface area contributed by atoms with Crippen molar-refractivity contribution < 1.29 is 13.2 Å². The van der Waals surface area contributed by atoms with Gasteiger partial charge >= 0.3 is 0 Å². The zero-order valence-electron chi connectivity index (χ0n) is 13.8. The lowest BCUT2D eigenvalue weighted by Gasteiger charge is -2.17. The summed E-state index contributed by atoms with van der Waals surface area (Å²) in [5.74, 6) is 0.608. The Bertz CT molecular complexity index is 848. The number of hydrogen-bond donors (Lipinski definition) is 2. The Morgan fingerprint density at radius 2 is 2.16 bits per heavy atom. The van der Waals surface area contributed by atoms with Crippen LogP contribution >= 0.6 is 23.1 Å². The molecule has 2 N–H and O–H groups in total. The van der Waals surface area contributed by atoms with E-state index in [4.69, 9.17) is 0 Å². The first-order valence-electron chi connectivity index (χ1n) is 8.12. The Hall–Kier alpha value is -1.35.